The van der Waals surface area contributed by atoms with Crippen LogP contribution in [0.3, 0.4) is 0 Å². The van der Waals surface area contributed by atoms with E-state index in [1.54, 1.807) is 6.07 Å². The van der Waals surface area contributed by atoms with Crippen LogP contribution < -0.4 is 11.2 Å². The number of nitrogens with two attached hydrogens (primary N) is 1. The number of benzene rings is 1. The lowest BCUT2D eigenvalue weighted by Crippen LogP contribution is -2.32. The van der Waals surface area contributed by atoms with Crippen molar-refractivity contribution < 1.29 is 14.0 Å². The third-order valence-corrected chi connectivity index (χ3v) is 1.93. The molecule has 1 aromatic carbocycles. The summed E-state index contributed by atoms with van der Waals surface area (Å²) in [7, 11) is 0. The first-order valence-electron chi connectivity index (χ1n) is 4.98. The van der Waals surface area contributed by atoms with Crippen molar-refractivity contribution in [2.75, 3.05) is 6.61 Å². The molecule has 1 rings (SSSR count). The van der Waals surface area contributed by atoms with Gasteiger partial charge in [-0.25, -0.2) is 4.39 Å². The highest BCUT2D eigenvalue weighted by Gasteiger charge is 2.04. The van der Waals surface area contributed by atoms with Crippen LogP contribution in [0, 0.1) is 5.82 Å². The molecule has 0 bridgehead atoms. The average Bonchev–Trinajstić information content (AvgIpc) is 2.16. The molecule has 0 heterocycles. The molecule has 1 atom stereocenters. The highest BCUT2D eigenvalue weighted by molar-refractivity contribution is 5.74. The second kappa shape index (κ2) is 6.19. The molecule has 0 aliphatic rings. The fraction of sp³-hybridized carbons (Fsp3) is 0.364. The number of carbonyl (C=O) groups excluding carboxylic acids is 1. The van der Waals surface area contributed by atoms with Gasteiger partial charge in [-0.2, -0.15) is 5.48 Å². The van der Waals surface area contributed by atoms with E-state index in [0.717, 1.165) is 5.56 Å². The number of primary amides is 1. The quantitative estimate of drug-likeness (QED) is 0.704. The van der Waals surface area contributed by atoms with Gasteiger partial charge in [-0.15, -0.1) is 0 Å². The maximum atomic E-state index is 12.9. The number of carbonyl (C=O) groups is 1. The van der Waals surface area contributed by atoms with Crippen LogP contribution in [0.5, 0.6) is 0 Å². The molecule has 0 aliphatic carbocycles. The third kappa shape index (κ3) is 4.86. The van der Waals surface area contributed by atoms with E-state index < -0.39 is 5.91 Å². The summed E-state index contributed by atoms with van der Waals surface area (Å²) in [6, 6.07) is 6.31. The fourth-order valence-corrected chi connectivity index (χ4v) is 1.31. The van der Waals surface area contributed by atoms with Crippen molar-refractivity contribution in [2.24, 2.45) is 5.73 Å². The summed E-state index contributed by atoms with van der Waals surface area (Å²) in [6.07, 6.45) is 0.608. The molecular formula is C11H15FN2O2. The molecule has 88 valence electrons. The third-order valence-electron chi connectivity index (χ3n) is 1.93. The van der Waals surface area contributed by atoms with Crippen LogP contribution >= 0.6 is 0 Å². The number of amides is 1. The summed E-state index contributed by atoms with van der Waals surface area (Å²) in [5, 5.41) is 0. The predicted molar refractivity (Wildman–Crippen MR) is 57.8 cm³/mol. The highest BCUT2D eigenvalue weighted by atomic mass is 19.1. The maximum absolute atomic E-state index is 12.9. The number of halogens is 1. The van der Waals surface area contributed by atoms with Gasteiger partial charge < -0.3 is 5.73 Å². The van der Waals surface area contributed by atoms with Gasteiger partial charge in [0.2, 0.25) is 5.91 Å². The molecule has 1 unspecified atom stereocenters. The van der Waals surface area contributed by atoms with Gasteiger partial charge in [0.15, 0.2) is 0 Å². The SMILES string of the molecule is CC(Cc1cccc(F)c1)NOCC(N)=O. The zero-order valence-corrected chi connectivity index (χ0v) is 9.07. The highest BCUT2D eigenvalue weighted by Crippen LogP contribution is 2.06. The van der Waals surface area contributed by atoms with Gasteiger partial charge in [-0.1, -0.05) is 12.1 Å². The van der Waals surface area contributed by atoms with Crippen LogP contribution in [-0.4, -0.2) is 18.6 Å². The minimum atomic E-state index is -0.537. The van der Waals surface area contributed by atoms with E-state index >= 15 is 0 Å². The first kappa shape index (κ1) is 12.6. The lowest BCUT2D eigenvalue weighted by Gasteiger charge is -2.12. The predicted octanol–water partition coefficient (Wildman–Crippen LogP) is 0.763. The van der Waals surface area contributed by atoms with Gasteiger partial charge in [-0.3, -0.25) is 9.63 Å². The molecule has 1 aromatic rings. The molecule has 5 heteroatoms. The smallest absolute Gasteiger partial charge is 0.245 e. The fourth-order valence-electron chi connectivity index (χ4n) is 1.31. The van der Waals surface area contributed by atoms with Gasteiger partial charge in [0.05, 0.1) is 0 Å². The molecule has 0 aliphatic heterocycles. The zero-order valence-electron chi connectivity index (χ0n) is 9.07. The van der Waals surface area contributed by atoms with Crippen LogP contribution in [0.15, 0.2) is 24.3 Å². The average molecular weight is 226 g/mol. The molecule has 0 saturated heterocycles. The molecular weight excluding hydrogens is 211 g/mol. The number of nitrogens with one attached hydrogen (secondary N) is 1. The lowest BCUT2D eigenvalue weighted by atomic mass is 10.1. The Hall–Kier alpha value is -1.46. The van der Waals surface area contributed by atoms with Gasteiger partial charge in [0.1, 0.15) is 12.4 Å². The van der Waals surface area contributed by atoms with Crippen LogP contribution in [-0.2, 0) is 16.1 Å². The standard InChI is InChI=1S/C11H15FN2O2/c1-8(14-16-7-11(13)15)5-9-3-2-4-10(12)6-9/h2-4,6,8,14H,5,7H2,1H3,(H2,13,15). The van der Waals surface area contributed by atoms with E-state index in [-0.39, 0.29) is 18.5 Å². The maximum Gasteiger partial charge on any atom is 0.245 e. The second-order valence-corrected chi connectivity index (χ2v) is 3.61. The van der Waals surface area contributed by atoms with Crippen LogP contribution in [0.1, 0.15) is 12.5 Å². The first-order chi connectivity index (χ1) is 7.58. The molecule has 0 radical (unpaired) electrons. The Kier molecular flexibility index (Phi) is 4.88. The largest absolute Gasteiger partial charge is 0.368 e. The Morgan fingerprint density at radius 1 is 1.62 bits per heavy atom. The van der Waals surface area contributed by atoms with Crippen LogP contribution in [0.4, 0.5) is 4.39 Å². The topological polar surface area (TPSA) is 64.3 Å². The number of hydroxylamine groups is 1. The van der Waals surface area contributed by atoms with Crippen molar-refractivity contribution in [3.63, 3.8) is 0 Å². The molecule has 0 fully saturated rings. The normalized spacial score (nSPS) is 12.4. The van der Waals surface area contributed by atoms with Crippen molar-refractivity contribution >= 4 is 5.91 Å². The van der Waals surface area contributed by atoms with Crippen molar-refractivity contribution in [3.8, 4) is 0 Å². The molecule has 3 N–H and O–H groups in total. The lowest BCUT2D eigenvalue weighted by molar-refractivity contribution is -0.125. The van der Waals surface area contributed by atoms with Crippen molar-refractivity contribution in [1.82, 2.24) is 5.48 Å². The molecule has 1 amide bonds. The zero-order chi connectivity index (χ0) is 12.0. The van der Waals surface area contributed by atoms with Crippen molar-refractivity contribution in [3.05, 3.63) is 35.6 Å². The Bertz CT molecular complexity index is 358. The van der Waals surface area contributed by atoms with E-state index in [2.05, 4.69) is 5.48 Å². The van der Waals surface area contributed by atoms with Crippen molar-refractivity contribution in [2.45, 2.75) is 19.4 Å². The Morgan fingerprint density at radius 3 is 3.00 bits per heavy atom. The summed E-state index contributed by atoms with van der Waals surface area (Å²) >= 11 is 0. The second-order valence-electron chi connectivity index (χ2n) is 3.61. The first-order valence-corrected chi connectivity index (χ1v) is 4.98. The summed E-state index contributed by atoms with van der Waals surface area (Å²) < 4.78 is 12.9. The van der Waals surface area contributed by atoms with Gasteiger partial charge in [-0.05, 0) is 31.0 Å². The Labute approximate surface area is 93.5 Å². The minimum Gasteiger partial charge on any atom is -0.368 e. The summed E-state index contributed by atoms with van der Waals surface area (Å²) in [6.45, 7) is 1.69. The molecule has 0 spiro atoms. The van der Waals surface area contributed by atoms with E-state index in [0.29, 0.717) is 6.42 Å². The number of rotatable bonds is 6. The number of hydrogen-bond acceptors (Lipinski definition) is 3. The van der Waals surface area contributed by atoms with Gasteiger partial charge in [0, 0.05) is 6.04 Å². The molecule has 16 heavy (non-hydrogen) atoms. The Morgan fingerprint density at radius 2 is 2.38 bits per heavy atom. The van der Waals surface area contributed by atoms with E-state index in [1.807, 2.05) is 13.0 Å². The molecule has 4 nitrogen and oxygen atoms in total. The minimum absolute atomic E-state index is 0.0267. The monoisotopic (exact) mass is 226 g/mol. The van der Waals surface area contributed by atoms with Crippen LogP contribution in [0.2, 0.25) is 0 Å². The number of hydrogen-bond donors (Lipinski definition) is 2. The summed E-state index contributed by atoms with van der Waals surface area (Å²) in [4.78, 5) is 15.2. The van der Waals surface area contributed by atoms with Gasteiger partial charge in [0.25, 0.3) is 0 Å². The summed E-state index contributed by atoms with van der Waals surface area (Å²) in [5.74, 6) is -0.798. The molecule has 0 saturated carbocycles. The van der Waals surface area contributed by atoms with Crippen LogP contribution in [0.25, 0.3) is 0 Å². The van der Waals surface area contributed by atoms with Gasteiger partial charge >= 0.3 is 0 Å². The van der Waals surface area contributed by atoms with Crippen molar-refractivity contribution in [1.29, 1.82) is 0 Å². The van der Waals surface area contributed by atoms with E-state index in [9.17, 15) is 9.18 Å². The molecule has 0 aromatic heterocycles. The van der Waals surface area contributed by atoms with E-state index in [4.69, 9.17) is 10.6 Å². The summed E-state index contributed by atoms with van der Waals surface area (Å²) in [5.41, 5.74) is 8.42. The van der Waals surface area contributed by atoms with E-state index in [1.165, 1.54) is 12.1 Å². The Balaban J connectivity index is 2.33.